The van der Waals surface area contributed by atoms with Crippen LogP contribution in [0.4, 0.5) is 0 Å². The third kappa shape index (κ3) is 1.88. The Morgan fingerprint density at radius 2 is 2.10 bits per heavy atom. The van der Waals surface area contributed by atoms with Crippen molar-refractivity contribution in [3.8, 4) is 0 Å². The molecule has 108 valence electrons. The van der Waals surface area contributed by atoms with E-state index < -0.39 is 0 Å². The van der Waals surface area contributed by atoms with Gasteiger partial charge in [-0.15, -0.1) is 0 Å². The van der Waals surface area contributed by atoms with Crippen LogP contribution in [-0.4, -0.2) is 27.5 Å². The highest BCUT2D eigenvalue weighted by Crippen LogP contribution is 2.55. The van der Waals surface area contributed by atoms with E-state index in [0.29, 0.717) is 11.8 Å². The predicted molar refractivity (Wildman–Crippen MR) is 76.1 cm³/mol. The van der Waals surface area contributed by atoms with E-state index in [-0.39, 0.29) is 6.04 Å². The zero-order valence-corrected chi connectivity index (χ0v) is 12.4. The summed E-state index contributed by atoms with van der Waals surface area (Å²) in [6.07, 6.45) is 6.08. The van der Waals surface area contributed by atoms with E-state index in [1.165, 1.54) is 18.4 Å². The molecule has 1 aromatic heterocycles. The molecule has 0 bridgehead atoms. The lowest BCUT2D eigenvalue weighted by atomic mass is 10.0. The standard InChI is InChI=1S/C16H23N3O/c1-9-15(10(2)18-17-9)14-4-3-7-19(14)16(20)13-8-12(13)11-5-6-11/h11-14H,3-8H2,1-2H3,(H,17,18). The number of aryl methyl sites for hydroxylation is 2. The van der Waals surface area contributed by atoms with E-state index in [4.69, 9.17) is 0 Å². The predicted octanol–water partition coefficient (Wildman–Crippen LogP) is 2.74. The second kappa shape index (κ2) is 4.34. The summed E-state index contributed by atoms with van der Waals surface area (Å²) in [6, 6.07) is 0.265. The summed E-state index contributed by atoms with van der Waals surface area (Å²) >= 11 is 0. The number of hydrogen-bond acceptors (Lipinski definition) is 2. The van der Waals surface area contributed by atoms with Crippen molar-refractivity contribution >= 4 is 5.91 Å². The molecule has 20 heavy (non-hydrogen) atoms. The second-order valence-corrected chi connectivity index (χ2v) is 6.88. The lowest BCUT2D eigenvalue weighted by molar-refractivity contribution is -0.133. The third-order valence-corrected chi connectivity index (χ3v) is 5.44. The molecule has 2 saturated carbocycles. The largest absolute Gasteiger partial charge is 0.335 e. The van der Waals surface area contributed by atoms with Crippen LogP contribution in [0.3, 0.4) is 0 Å². The van der Waals surface area contributed by atoms with Crippen molar-refractivity contribution < 1.29 is 4.79 Å². The summed E-state index contributed by atoms with van der Waals surface area (Å²) in [6.45, 7) is 5.05. The Bertz CT molecular complexity index is 526. The molecule has 2 aliphatic carbocycles. The molecule has 2 heterocycles. The first-order valence-electron chi connectivity index (χ1n) is 7.98. The van der Waals surface area contributed by atoms with Gasteiger partial charge in [0.1, 0.15) is 0 Å². The Balaban J connectivity index is 1.54. The van der Waals surface area contributed by atoms with Gasteiger partial charge in [-0.25, -0.2) is 0 Å². The Morgan fingerprint density at radius 1 is 1.30 bits per heavy atom. The summed E-state index contributed by atoms with van der Waals surface area (Å²) in [7, 11) is 0. The number of amides is 1. The number of H-pyrrole nitrogens is 1. The zero-order valence-electron chi connectivity index (χ0n) is 12.4. The fraction of sp³-hybridized carbons (Fsp3) is 0.750. The van der Waals surface area contributed by atoms with Crippen LogP contribution >= 0.6 is 0 Å². The number of aromatic nitrogens is 2. The average molecular weight is 273 g/mol. The Labute approximate surface area is 119 Å². The molecule has 1 amide bonds. The monoisotopic (exact) mass is 273 g/mol. The summed E-state index contributed by atoms with van der Waals surface area (Å²) < 4.78 is 0. The van der Waals surface area contributed by atoms with Gasteiger partial charge in [0.25, 0.3) is 0 Å². The van der Waals surface area contributed by atoms with Crippen LogP contribution in [0.1, 0.15) is 55.1 Å². The number of nitrogens with zero attached hydrogens (tertiary/aromatic N) is 2. The van der Waals surface area contributed by atoms with Crippen LogP contribution in [0.15, 0.2) is 0 Å². The highest BCUT2D eigenvalue weighted by molar-refractivity contribution is 5.82. The van der Waals surface area contributed by atoms with E-state index in [2.05, 4.69) is 22.0 Å². The molecule has 1 aromatic rings. The van der Waals surface area contributed by atoms with Gasteiger partial charge in [-0.05, 0) is 57.8 Å². The van der Waals surface area contributed by atoms with Crippen molar-refractivity contribution in [1.82, 2.24) is 15.1 Å². The molecule has 1 saturated heterocycles. The SMILES string of the molecule is Cc1n[nH]c(C)c1C1CCCN1C(=O)C1CC1C1CC1. The summed E-state index contributed by atoms with van der Waals surface area (Å²) in [5.41, 5.74) is 3.45. The molecule has 4 nitrogen and oxygen atoms in total. The van der Waals surface area contributed by atoms with Crippen LogP contribution in [0.5, 0.6) is 0 Å². The quantitative estimate of drug-likeness (QED) is 0.920. The van der Waals surface area contributed by atoms with E-state index in [9.17, 15) is 4.79 Å². The molecule has 0 aromatic carbocycles. The number of nitrogens with one attached hydrogen (secondary N) is 1. The molecule has 4 heteroatoms. The molecular formula is C16H23N3O. The van der Waals surface area contributed by atoms with E-state index in [0.717, 1.165) is 49.0 Å². The van der Waals surface area contributed by atoms with Gasteiger partial charge in [0, 0.05) is 23.7 Å². The summed E-state index contributed by atoms with van der Waals surface area (Å²) in [4.78, 5) is 14.9. The van der Waals surface area contributed by atoms with Gasteiger partial charge in [0.15, 0.2) is 0 Å². The molecule has 1 N–H and O–H groups in total. The topological polar surface area (TPSA) is 49.0 Å². The maximum Gasteiger partial charge on any atom is 0.226 e. The van der Waals surface area contributed by atoms with Gasteiger partial charge in [0.05, 0.1) is 11.7 Å². The van der Waals surface area contributed by atoms with E-state index in [1.807, 2.05) is 6.92 Å². The third-order valence-electron chi connectivity index (χ3n) is 5.44. The number of carbonyl (C=O) groups excluding carboxylic acids is 1. The van der Waals surface area contributed by atoms with Crippen molar-refractivity contribution in [1.29, 1.82) is 0 Å². The lowest BCUT2D eigenvalue weighted by Gasteiger charge is -2.25. The van der Waals surface area contributed by atoms with Gasteiger partial charge < -0.3 is 4.90 Å². The molecule has 4 rings (SSSR count). The zero-order chi connectivity index (χ0) is 13.9. The second-order valence-electron chi connectivity index (χ2n) is 6.88. The number of aromatic amines is 1. The summed E-state index contributed by atoms with van der Waals surface area (Å²) in [5, 5.41) is 7.37. The van der Waals surface area contributed by atoms with Crippen LogP contribution < -0.4 is 0 Å². The van der Waals surface area contributed by atoms with Crippen molar-refractivity contribution in [3.63, 3.8) is 0 Å². The van der Waals surface area contributed by atoms with Crippen LogP contribution in [0, 0.1) is 31.6 Å². The highest BCUT2D eigenvalue weighted by Gasteiger charge is 2.53. The van der Waals surface area contributed by atoms with Gasteiger partial charge in [0.2, 0.25) is 5.91 Å². The van der Waals surface area contributed by atoms with Crippen molar-refractivity contribution in [2.24, 2.45) is 17.8 Å². The van der Waals surface area contributed by atoms with Crippen molar-refractivity contribution in [2.75, 3.05) is 6.54 Å². The minimum atomic E-state index is 0.265. The number of hydrogen-bond donors (Lipinski definition) is 1. The molecule has 3 aliphatic rings. The molecule has 0 spiro atoms. The van der Waals surface area contributed by atoms with E-state index in [1.54, 1.807) is 0 Å². The van der Waals surface area contributed by atoms with Crippen molar-refractivity contribution in [3.05, 3.63) is 17.0 Å². The van der Waals surface area contributed by atoms with Gasteiger partial charge in [-0.3, -0.25) is 9.89 Å². The van der Waals surface area contributed by atoms with Crippen LogP contribution in [-0.2, 0) is 4.79 Å². The first kappa shape index (κ1) is 12.4. The van der Waals surface area contributed by atoms with Crippen LogP contribution in [0.25, 0.3) is 0 Å². The van der Waals surface area contributed by atoms with Gasteiger partial charge in [-0.1, -0.05) is 0 Å². The first-order chi connectivity index (χ1) is 9.66. The highest BCUT2D eigenvalue weighted by atomic mass is 16.2. The number of carbonyl (C=O) groups is 1. The Morgan fingerprint density at radius 3 is 2.75 bits per heavy atom. The first-order valence-corrected chi connectivity index (χ1v) is 7.98. The molecular weight excluding hydrogens is 250 g/mol. The van der Waals surface area contributed by atoms with E-state index >= 15 is 0 Å². The minimum absolute atomic E-state index is 0.265. The van der Waals surface area contributed by atoms with Gasteiger partial charge in [-0.2, -0.15) is 5.10 Å². The van der Waals surface area contributed by atoms with Crippen molar-refractivity contribution in [2.45, 2.75) is 52.0 Å². The lowest BCUT2D eigenvalue weighted by Crippen LogP contribution is -2.32. The Kier molecular flexibility index (Phi) is 2.69. The maximum absolute atomic E-state index is 12.8. The average Bonchev–Trinajstić information content (AvgIpc) is 3.31. The van der Waals surface area contributed by atoms with Gasteiger partial charge >= 0.3 is 0 Å². The number of rotatable bonds is 3. The molecule has 3 atom stereocenters. The molecule has 1 aliphatic heterocycles. The molecule has 0 radical (unpaired) electrons. The summed E-state index contributed by atoms with van der Waals surface area (Å²) in [5.74, 6) is 2.36. The van der Waals surface area contributed by atoms with Crippen LogP contribution in [0.2, 0.25) is 0 Å². The number of likely N-dealkylation sites (tertiary alicyclic amines) is 1. The Hall–Kier alpha value is -1.32. The normalized spacial score (nSPS) is 32.7. The molecule has 3 unspecified atom stereocenters. The minimum Gasteiger partial charge on any atom is -0.335 e. The molecule has 3 fully saturated rings. The smallest absolute Gasteiger partial charge is 0.226 e. The fourth-order valence-corrected chi connectivity index (χ4v) is 4.14. The maximum atomic E-state index is 12.8. The fourth-order valence-electron chi connectivity index (χ4n) is 4.14.